The molecule has 0 aliphatic rings. The lowest BCUT2D eigenvalue weighted by Crippen LogP contribution is -2.36. The number of aromatic nitrogens is 2. The lowest BCUT2D eigenvalue weighted by atomic mass is 10.2. The third kappa shape index (κ3) is 5.70. The van der Waals surface area contributed by atoms with E-state index in [0.717, 1.165) is 35.7 Å². The lowest BCUT2D eigenvalue weighted by molar-refractivity contribution is 0.0977. The summed E-state index contributed by atoms with van der Waals surface area (Å²) in [4.78, 5) is 17.3. The number of benzene rings is 2. The van der Waals surface area contributed by atoms with Gasteiger partial charge in [0.1, 0.15) is 5.75 Å². The minimum atomic E-state index is -0.228. The molecule has 0 unspecified atom stereocenters. The topological polar surface area (TPSA) is 80.5 Å². The fourth-order valence-corrected chi connectivity index (χ4v) is 2.91. The number of hydrogen-bond donors (Lipinski definition) is 2. The molecule has 7 heteroatoms. The van der Waals surface area contributed by atoms with Gasteiger partial charge in [0, 0.05) is 29.6 Å². The molecule has 3 rings (SSSR count). The number of aryl methyl sites for hydroxylation is 2. The van der Waals surface area contributed by atoms with E-state index in [9.17, 15) is 4.79 Å². The van der Waals surface area contributed by atoms with Crippen LogP contribution in [0.1, 0.15) is 35.0 Å². The summed E-state index contributed by atoms with van der Waals surface area (Å²) in [6.45, 7) is 5.36. The molecule has 0 bridgehead atoms. The predicted molar refractivity (Wildman–Crippen MR) is 119 cm³/mol. The van der Waals surface area contributed by atoms with Crippen molar-refractivity contribution in [2.75, 3.05) is 12.4 Å². The Kier molecular flexibility index (Phi) is 7.21. The molecule has 0 saturated carbocycles. The summed E-state index contributed by atoms with van der Waals surface area (Å²) in [6.07, 6.45) is 3.02. The molecular formula is C23H27N5O2. The van der Waals surface area contributed by atoms with Crippen molar-refractivity contribution in [1.29, 1.82) is 0 Å². The molecule has 0 fully saturated rings. The molecule has 0 atom stereocenters. The minimum Gasteiger partial charge on any atom is -0.497 e. The predicted octanol–water partition coefficient (Wildman–Crippen LogP) is 4.01. The van der Waals surface area contributed by atoms with Crippen LogP contribution in [0.3, 0.4) is 0 Å². The number of nitrogens with one attached hydrogen (secondary N) is 2. The molecule has 1 amide bonds. The third-order valence-corrected chi connectivity index (χ3v) is 4.53. The summed E-state index contributed by atoms with van der Waals surface area (Å²) in [7, 11) is 1.62. The molecular weight excluding hydrogens is 378 g/mol. The van der Waals surface area contributed by atoms with Crippen LogP contribution in [-0.4, -0.2) is 28.8 Å². The van der Waals surface area contributed by atoms with Crippen LogP contribution in [0.25, 0.3) is 0 Å². The molecule has 1 aromatic heterocycles. The highest BCUT2D eigenvalue weighted by Gasteiger charge is 2.10. The second-order valence-electron chi connectivity index (χ2n) is 6.84. The first-order chi connectivity index (χ1) is 14.6. The normalized spacial score (nSPS) is 11.2. The Bertz CT molecular complexity index is 994. The van der Waals surface area contributed by atoms with Gasteiger partial charge in [-0.25, -0.2) is 4.99 Å². The first-order valence-corrected chi connectivity index (χ1v) is 9.94. The van der Waals surface area contributed by atoms with E-state index in [1.807, 2.05) is 60.3 Å². The molecule has 0 aliphatic heterocycles. The van der Waals surface area contributed by atoms with Crippen LogP contribution in [0.4, 0.5) is 5.69 Å². The number of amides is 1. The number of rotatable bonds is 7. The highest BCUT2D eigenvalue weighted by molar-refractivity contribution is 6.09. The molecule has 3 aromatic rings. The van der Waals surface area contributed by atoms with Crippen molar-refractivity contribution in [1.82, 2.24) is 15.1 Å². The quantitative estimate of drug-likeness (QED) is 0.460. The Morgan fingerprint density at radius 3 is 2.53 bits per heavy atom. The summed E-state index contributed by atoms with van der Waals surface area (Å²) < 4.78 is 7.13. The Morgan fingerprint density at radius 1 is 1.13 bits per heavy atom. The number of ether oxygens (including phenoxy) is 1. The van der Waals surface area contributed by atoms with Crippen molar-refractivity contribution in [2.24, 2.45) is 4.99 Å². The average Bonchev–Trinajstić information content (AvgIpc) is 3.12. The van der Waals surface area contributed by atoms with E-state index >= 15 is 0 Å². The number of hydrogen-bond acceptors (Lipinski definition) is 4. The molecule has 2 aromatic carbocycles. The van der Waals surface area contributed by atoms with Crippen molar-refractivity contribution < 1.29 is 9.53 Å². The Hall–Kier alpha value is -3.61. The van der Waals surface area contributed by atoms with Gasteiger partial charge in [0.25, 0.3) is 5.91 Å². The van der Waals surface area contributed by atoms with Gasteiger partial charge in [0.2, 0.25) is 5.96 Å². The number of anilines is 1. The molecule has 0 radical (unpaired) electrons. The van der Waals surface area contributed by atoms with Crippen LogP contribution in [0.15, 0.2) is 65.8 Å². The maximum absolute atomic E-state index is 12.6. The number of aliphatic imine (C=N–C) groups is 1. The van der Waals surface area contributed by atoms with Gasteiger partial charge in [-0.1, -0.05) is 25.1 Å². The highest BCUT2D eigenvalue weighted by Crippen LogP contribution is 2.15. The maximum Gasteiger partial charge on any atom is 0.257 e. The van der Waals surface area contributed by atoms with E-state index in [4.69, 9.17) is 4.74 Å². The van der Waals surface area contributed by atoms with E-state index in [-0.39, 0.29) is 5.91 Å². The summed E-state index contributed by atoms with van der Waals surface area (Å²) in [5, 5.41) is 10.6. The zero-order chi connectivity index (χ0) is 21.3. The molecule has 2 N–H and O–H groups in total. The van der Waals surface area contributed by atoms with Crippen molar-refractivity contribution in [3.63, 3.8) is 0 Å². The van der Waals surface area contributed by atoms with Gasteiger partial charge in [-0.2, -0.15) is 5.10 Å². The molecule has 0 spiro atoms. The minimum absolute atomic E-state index is 0.228. The summed E-state index contributed by atoms with van der Waals surface area (Å²) in [6, 6.07) is 16.5. The summed E-state index contributed by atoms with van der Waals surface area (Å²) >= 11 is 0. The zero-order valence-corrected chi connectivity index (χ0v) is 17.6. The number of guanidine groups is 1. The second-order valence-corrected chi connectivity index (χ2v) is 6.84. The van der Waals surface area contributed by atoms with Gasteiger partial charge in [0.15, 0.2) is 0 Å². The van der Waals surface area contributed by atoms with Crippen molar-refractivity contribution in [3.8, 4) is 5.75 Å². The maximum atomic E-state index is 12.6. The number of methoxy groups -OCH3 is 1. The fraction of sp³-hybridized carbons (Fsp3) is 0.261. The fourth-order valence-electron chi connectivity index (χ4n) is 2.91. The van der Waals surface area contributed by atoms with Crippen LogP contribution in [0.5, 0.6) is 5.75 Å². The van der Waals surface area contributed by atoms with E-state index in [1.54, 1.807) is 19.2 Å². The van der Waals surface area contributed by atoms with E-state index in [1.165, 1.54) is 0 Å². The Labute approximate surface area is 176 Å². The SMILES string of the molecule is CCCn1cc(CN=C(NC(=O)c2ccccc2)Nc2ccc(OC)cc2)c(C)n1. The third-order valence-electron chi connectivity index (χ3n) is 4.53. The van der Waals surface area contributed by atoms with Crippen LogP contribution in [0.2, 0.25) is 0 Å². The first kappa shape index (κ1) is 21.1. The molecule has 156 valence electrons. The molecule has 0 saturated heterocycles. The molecule has 0 aliphatic carbocycles. The number of nitrogens with zero attached hydrogens (tertiary/aromatic N) is 3. The Balaban J connectivity index is 1.80. The number of carbonyl (C=O) groups is 1. The second kappa shape index (κ2) is 10.2. The molecule has 30 heavy (non-hydrogen) atoms. The number of carbonyl (C=O) groups excluding carboxylic acids is 1. The Morgan fingerprint density at radius 2 is 1.87 bits per heavy atom. The standard InChI is InChI=1S/C23H27N5O2/c1-4-14-28-16-19(17(2)27-28)15-24-23(25-20-10-12-21(30-3)13-11-20)26-22(29)18-8-6-5-7-9-18/h5-13,16H,4,14-15H2,1-3H3,(H2,24,25,26,29). The largest absolute Gasteiger partial charge is 0.497 e. The van der Waals surface area contributed by atoms with Gasteiger partial charge in [-0.15, -0.1) is 0 Å². The first-order valence-electron chi connectivity index (χ1n) is 9.94. The van der Waals surface area contributed by atoms with Gasteiger partial charge < -0.3 is 10.1 Å². The van der Waals surface area contributed by atoms with Gasteiger partial charge in [0.05, 0.1) is 19.3 Å². The van der Waals surface area contributed by atoms with Crippen LogP contribution < -0.4 is 15.4 Å². The van der Waals surface area contributed by atoms with Crippen LogP contribution in [0, 0.1) is 6.92 Å². The summed E-state index contributed by atoms with van der Waals surface area (Å²) in [5.41, 5.74) is 3.31. The van der Waals surface area contributed by atoms with Gasteiger partial charge >= 0.3 is 0 Å². The lowest BCUT2D eigenvalue weighted by Gasteiger charge is -2.12. The van der Waals surface area contributed by atoms with Gasteiger partial charge in [-0.3, -0.25) is 14.8 Å². The van der Waals surface area contributed by atoms with Crippen molar-refractivity contribution in [3.05, 3.63) is 77.6 Å². The monoisotopic (exact) mass is 405 g/mol. The van der Waals surface area contributed by atoms with E-state index in [0.29, 0.717) is 18.1 Å². The summed E-state index contributed by atoms with van der Waals surface area (Å²) in [5.74, 6) is 0.900. The van der Waals surface area contributed by atoms with Crippen molar-refractivity contribution >= 4 is 17.6 Å². The van der Waals surface area contributed by atoms with E-state index < -0.39 is 0 Å². The molecule has 7 nitrogen and oxygen atoms in total. The molecule has 1 heterocycles. The van der Waals surface area contributed by atoms with E-state index in [2.05, 4.69) is 27.6 Å². The van der Waals surface area contributed by atoms with Crippen LogP contribution in [-0.2, 0) is 13.1 Å². The average molecular weight is 406 g/mol. The highest BCUT2D eigenvalue weighted by atomic mass is 16.5. The van der Waals surface area contributed by atoms with Crippen molar-refractivity contribution in [2.45, 2.75) is 33.4 Å². The van der Waals surface area contributed by atoms with Crippen LogP contribution >= 0.6 is 0 Å². The zero-order valence-electron chi connectivity index (χ0n) is 17.6. The smallest absolute Gasteiger partial charge is 0.257 e. The van der Waals surface area contributed by atoms with Gasteiger partial charge in [-0.05, 0) is 49.7 Å².